The molecule has 0 atom stereocenters. The maximum absolute atomic E-state index is 12.2. The van der Waals surface area contributed by atoms with E-state index in [9.17, 15) is 13.2 Å². The van der Waals surface area contributed by atoms with Gasteiger partial charge in [-0.1, -0.05) is 18.1 Å². The predicted octanol–water partition coefficient (Wildman–Crippen LogP) is 3.49. The standard InChI is InChI=1S/C14H16F3N3O2/c1-3-12-19-13(22-20-12)7-18-10-5-4-6-11(9(10)2)21-8-14(15,16)17/h4-6,18H,3,7-8H2,1-2H3. The Labute approximate surface area is 125 Å². The highest BCUT2D eigenvalue weighted by atomic mass is 19.4. The molecular formula is C14H16F3N3O2. The summed E-state index contributed by atoms with van der Waals surface area (Å²) in [5.74, 6) is 1.20. The van der Waals surface area contributed by atoms with Gasteiger partial charge in [-0.25, -0.2) is 0 Å². The van der Waals surface area contributed by atoms with Gasteiger partial charge in [0.15, 0.2) is 12.4 Å². The van der Waals surface area contributed by atoms with Crippen molar-refractivity contribution < 1.29 is 22.4 Å². The van der Waals surface area contributed by atoms with Gasteiger partial charge in [-0.05, 0) is 19.1 Å². The molecule has 8 heteroatoms. The molecule has 0 aliphatic carbocycles. The van der Waals surface area contributed by atoms with Gasteiger partial charge in [-0.3, -0.25) is 0 Å². The quantitative estimate of drug-likeness (QED) is 0.884. The molecule has 1 heterocycles. The average Bonchev–Trinajstić information content (AvgIpc) is 2.92. The molecule has 2 rings (SSSR count). The van der Waals surface area contributed by atoms with Crippen LogP contribution in [-0.2, 0) is 13.0 Å². The van der Waals surface area contributed by atoms with E-state index in [1.807, 2.05) is 6.92 Å². The van der Waals surface area contributed by atoms with Crippen molar-refractivity contribution in [2.45, 2.75) is 33.0 Å². The number of ether oxygens (including phenoxy) is 1. The van der Waals surface area contributed by atoms with Crippen molar-refractivity contribution in [2.24, 2.45) is 0 Å². The van der Waals surface area contributed by atoms with E-state index in [2.05, 4.69) is 15.5 Å². The fraction of sp³-hybridized carbons (Fsp3) is 0.429. The van der Waals surface area contributed by atoms with Crippen LogP contribution in [0.2, 0.25) is 0 Å². The number of nitrogens with one attached hydrogen (secondary N) is 1. The molecule has 1 aromatic carbocycles. The Hall–Kier alpha value is -2.25. The Kier molecular flexibility index (Phi) is 4.89. The van der Waals surface area contributed by atoms with Crippen LogP contribution in [0.3, 0.4) is 0 Å². The predicted molar refractivity (Wildman–Crippen MR) is 73.7 cm³/mol. The number of anilines is 1. The number of benzene rings is 1. The minimum atomic E-state index is -4.36. The van der Waals surface area contributed by atoms with E-state index < -0.39 is 12.8 Å². The van der Waals surface area contributed by atoms with Gasteiger partial charge in [-0.15, -0.1) is 0 Å². The molecule has 0 amide bonds. The SMILES string of the molecule is CCc1noc(CNc2cccc(OCC(F)(F)F)c2C)n1. The lowest BCUT2D eigenvalue weighted by Crippen LogP contribution is -2.19. The smallest absolute Gasteiger partial charge is 0.422 e. The zero-order chi connectivity index (χ0) is 16.2. The normalized spacial score (nSPS) is 11.5. The molecule has 0 saturated carbocycles. The molecule has 0 bridgehead atoms. The molecule has 0 fully saturated rings. The number of aryl methyl sites for hydroxylation is 1. The van der Waals surface area contributed by atoms with E-state index in [1.165, 1.54) is 6.07 Å². The largest absolute Gasteiger partial charge is 0.484 e. The van der Waals surface area contributed by atoms with Crippen LogP contribution in [0.1, 0.15) is 24.2 Å². The molecule has 0 spiro atoms. The minimum absolute atomic E-state index is 0.183. The Morgan fingerprint density at radius 2 is 2.09 bits per heavy atom. The molecule has 0 radical (unpaired) electrons. The number of hydrogen-bond donors (Lipinski definition) is 1. The summed E-state index contributed by atoms with van der Waals surface area (Å²) in [6.07, 6.45) is -3.69. The van der Waals surface area contributed by atoms with Gasteiger partial charge in [-0.2, -0.15) is 18.2 Å². The van der Waals surface area contributed by atoms with E-state index in [-0.39, 0.29) is 12.3 Å². The summed E-state index contributed by atoms with van der Waals surface area (Å²) < 4.78 is 46.5. The van der Waals surface area contributed by atoms with Crippen molar-refractivity contribution in [1.82, 2.24) is 10.1 Å². The van der Waals surface area contributed by atoms with Crippen LogP contribution in [-0.4, -0.2) is 22.9 Å². The van der Waals surface area contributed by atoms with Crippen molar-refractivity contribution in [2.75, 3.05) is 11.9 Å². The Bertz CT molecular complexity index is 626. The lowest BCUT2D eigenvalue weighted by atomic mass is 10.2. The van der Waals surface area contributed by atoms with Crippen molar-refractivity contribution in [3.8, 4) is 5.75 Å². The first kappa shape index (κ1) is 16.1. The molecule has 22 heavy (non-hydrogen) atoms. The summed E-state index contributed by atoms with van der Waals surface area (Å²) in [5.41, 5.74) is 1.23. The zero-order valence-electron chi connectivity index (χ0n) is 12.2. The van der Waals surface area contributed by atoms with Gasteiger partial charge in [0.05, 0.1) is 6.54 Å². The van der Waals surface area contributed by atoms with Crippen molar-refractivity contribution in [3.05, 3.63) is 35.5 Å². The van der Waals surface area contributed by atoms with Crippen molar-refractivity contribution in [1.29, 1.82) is 0 Å². The number of aromatic nitrogens is 2. The second kappa shape index (κ2) is 6.67. The van der Waals surface area contributed by atoms with Gasteiger partial charge < -0.3 is 14.6 Å². The summed E-state index contributed by atoms with van der Waals surface area (Å²) in [6.45, 7) is 2.56. The first-order valence-electron chi connectivity index (χ1n) is 6.73. The van der Waals surface area contributed by atoms with E-state index in [1.54, 1.807) is 19.1 Å². The van der Waals surface area contributed by atoms with E-state index in [0.717, 1.165) is 0 Å². The van der Waals surface area contributed by atoms with Gasteiger partial charge in [0.2, 0.25) is 5.89 Å². The number of rotatable bonds is 6. The molecule has 1 N–H and O–H groups in total. The van der Waals surface area contributed by atoms with Crippen LogP contribution in [0.15, 0.2) is 22.7 Å². The molecule has 2 aromatic rings. The number of alkyl halides is 3. The van der Waals surface area contributed by atoms with E-state index in [4.69, 9.17) is 9.26 Å². The molecule has 0 aliphatic heterocycles. The molecule has 0 unspecified atom stereocenters. The highest BCUT2D eigenvalue weighted by Crippen LogP contribution is 2.27. The first-order valence-corrected chi connectivity index (χ1v) is 6.73. The van der Waals surface area contributed by atoms with E-state index >= 15 is 0 Å². The third-order valence-electron chi connectivity index (χ3n) is 2.93. The summed E-state index contributed by atoms with van der Waals surface area (Å²) in [6, 6.07) is 4.85. The van der Waals surface area contributed by atoms with Gasteiger partial charge >= 0.3 is 6.18 Å². The third kappa shape index (κ3) is 4.37. The second-order valence-corrected chi connectivity index (χ2v) is 4.64. The van der Waals surface area contributed by atoms with Crippen LogP contribution in [0.4, 0.5) is 18.9 Å². The lowest BCUT2D eigenvalue weighted by Gasteiger charge is -2.14. The van der Waals surface area contributed by atoms with E-state index in [0.29, 0.717) is 29.4 Å². The topological polar surface area (TPSA) is 60.2 Å². The third-order valence-corrected chi connectivity index (χ3v) is 2.93. The molecule has 0 saturated heterocycles. The van der Waals surface area contributed by atoms with Crippen LogP contribution < -0.4 is 10.1 Å². The summed E-state index contributed by atoms with van der Waals surface area (Å²) >= 11 is 0. The molecular weight excluding hydrogens is 299 g/mol. The Balaban J connectivity index is 2.02. The van der Waals surface area contributed by atoms with Crippen molar-refractivity contribution >= 4 is 5.69 Å². The van der Waals surface area contributed by atoms with Crippen LogP contribution in [0.5, 0.6) is 5.75 Å². The highest BCUT2D eigenvalue weighted by Gasteiger charge is 2.28. The second-order valence-electron chi connectivity index (χ2n) is 4.64. The maximum atomic E-state index is 12.2. The number of nitrogens with zero attached hydrogens (tertiary/aromatic N) is 2. The van der Waals surface area contributed by atoms with Crippen molar-refractivity contribution in [3.63, 3.8) is 0 Å². The molecule has 120 valence electrons. The van der Waals surface area contributed by atoms with Crippen LogP contribution >= 0.6 is 0 Å². The maximum Gasteiger partial charge on any atom is 0.422 e. The highest BCUT2D eigenvalue weighted by molar-refractivity contribution is 5.56. The first-order chi connectivity index (χ1) is 10.4. The van der Waals surface area contributed by atoms with Crippen LogP contribution in [0.25, 0.3) is 0 Å². The Morgan fingerprint density at radius 3 is 2.73 bits per heavy atom. The monoisotopic (exact) mass is 315 g/mol. The zero-order valence-corrected chi connectivity index (χ0v) is 12.2. The van der Waals surface area contributed by atoms with Crippen LogP contribution in [0, 0.1) is 6.92 Å². The van der Waals surface area contributed by atoms with Gasteiger partial charge in [0.1, 0.15) is 5.75 Å². The summed E-state index contributed by atoms with van der Waals surface area (Å²) in [5, 5.41) is 6.81. The number of hydrogen-bond acceptors (Lipinski definition) is 5. The number of halogens is 3. The fourth-order valence-electron chi connectivity index (χ4n) is 1.80. The molecule has 0 aliphatic rings. The lowest BCUT2D eigenvalue weighted by molar-refractivity contribution is -0.153. The summed E-state index contributed by atoms with van der Waals surface area (Å²) in [4.78, 5) is 4.14. The van der Waals surface area contributed by atoms with Gasteiger partial charge in [0.25, 0.3) is 0 Å². The Morgan fingerprint density at radius 1 is 1.32 bits per heavy atom. The average molecular weight is 315 g/mol. The molecule has 1 aromatic heterocycles. The van der Waals surface area contributed by atoms with Gasteiger partial charge in [0, 0.05) is 17.7 Å². The summed E-state index contributed by atoms with van der Waals surface area (Å²) in [7, 11) is 0. The molecule has 5 nitrogen and oxygen atoms in total. The minimum Gasteiger partial charge on any atom is -0.484 e. The fourth-order valence-corrected chi connectivity index (χ4v) is 1.80.